The molecular formula is C15H19F2N3OS. The van der Waals surface area contributed by atoms with Crippen molar-refractivity contribution in [2.24, 2.45) is 5.92 Å². The molecule has 1 N–H and O–H groups in total. The van der Waals surface area contributed by atoms with Gasteiger partial charge in [-0.05, 0) is 25.0 Å². The number of aromatic nitrogens is 2. The lowest BCUT2D eigenvalue weighted by molar-refractivity contribution is -0.119. The van der Waals surface area contributed by atoms with E-state index in [2.05, 4.69) is 10.3 Å². The Kier molecular flexibility index (Phi) is 5.39. The Morgan fingerprint density at radius 3 is 2.64 bits per heavy atom. The second kappa shape index (κ2) is 7.09. The summed E-state index contributed by atoms with van der Waals surface area (Å²) in [5.74, 6) is 0.200. The van der Waals surface area contributed by atoms with Gasteiger partial charge in [0.05, 0.1) is 16.8 Å². The molecule has 2 aromatic rings. The Morgan fingerprint density at radius 2 is 2.00 bits per heavy atom. The number of benzene rings is 1. The smallest absolute Gasteiger partial charge is 0.321 e. The molecule has 0 spiro atoms. The highest BCUT2D eigenvalue weighted by Crippen LogP contribution is 2.28. The summed E-state index contributed by atoms with van der Waals surface area (Å²) in [5.41, 5.74) is 0.872. The molecule has 0 saturated heterocycles. The molecule has 0 aliphatic carbocycles. The third-order valence-corrected chi connectivity index (χ3v) is 4.43. The molecule has 0 aliphatic rings. The molecule has 1 aromatic heterocycles. The molecule has 1 unspecified atom stereocenters. The molecule has 2 rings (SSSR count). The Bertz CT molecular complexity index is 657. The molecule has 0 fully saturated rings. The van der Waals surface area contributed by atoms with Gasteiger partial charge >= 0.3 is 6.55 Å². The Morgan fingerprint density at radius 1 is 1.32 bits per heavy atom. The summed E-state index contributed by atoms with van der Waals surface area (Å²) < 4.78 is 27.3. The predicted octanol–water partition coefficient (Wildman–Crippen LogP) is 3.68. The molecule has 1 heterocycles. The molecule has 0 saturated carbocycles. The van der Waals surface area contributed by atoms with Gasteiger partial charge in [-0.2, -0.15) is 8.78 Å². The van der Waals surface area contributed by atoms with Gasteiger partial charge in [0.15, 0.2) is 5.16 Å². The van der Waals surface area contributed by atoms with Crippen LogP contribution in [-0.4, -0.2) is 27.3 Å². The van der Waals surface area contributed by atoms with Gasteiger partial charge in [0.2, 0.25) is 5.91 Å². The number of imidazole rings is 1. The number of nitrogens with zero attached hydrogens (tertiary/aromatic N) is 2. The first-order valence-electron chi connectivity index (χ1n) is 7.07. The van der Waals surface area contributed by atoms with E-state index in [1.807, 2.05) is 20.8 Å². The lowest BCUT2D eigenvalue weighted by atomic mass is 10.1. The van der Waals surface area contributed by atoms with E-state index in [1.54, 1.807) is 24.3 Å². The first-order chi connectivity index (χ1) is 10.4. The number of nitrogens with one attached hydrogen (secondary N) is 1. The quantitative estimate of drug-likeness (QED) is 0.823. The number of fused-ring (bicyclic) bond motifs is 1. The van der Waals surface area contributed by atoms with Crippen molar-refractivity contribution in [1.82, 2.24) is 14.9 Å². The van der Waals surface area contributed by atoms with E-state index in [9.17, 15) is 13.6 Å². The van der Waals surface area contributed by atoms with Crippen LogP contribution in [0.1, 0.15) is 27.3 Å². The van der Waals surface area contributed by atoms with Crippen molar-refractivity contribution in [2.45, 2.75) is 38.5 Å². The number of halogens is 2. The van der Waals surface area contributed by atoms with Crippen molar-refractivity contribution in [3.8, 4) is 0 Å². The summed E-state index contributed by atoms with van der Waals surface area (Å²) in [7, 11) is 0. The summed E-state index contributed by atoms with van der Waals surface area (Å²) in [6, 6.07) is 6.76. The largest absolute Gasteiger partial charge is 0.353 e. The number of carbonyl (C=O) groups is 1. The van der Waals surface area contributed by atoms with Gasteiger partial charge in [-0.3, -0.25) is 9.36 Å². The maximum Gasteiger partial charge on any atom is 0.321 e. The summed E-state index contributed by atoms with van der Waals surface area (Å²) in [4.78, 5) is 16.1. The first kappa shape index (κ1) is 16.7. The monoisotopic (exact) mass is 327 g/mol. The lowest BCUT2D eigenvalue weighted by Crippen LogP contribution is -2.37. The van der Waals surface area contributed by atoms with Crippen LogP contribution in [0, 0.1) is 5.92 Å². The number of thioether (sulfide) groups is 1. The molecule has 0 aliphatic heterocycles. The summed E-state index contributed by atoms with van der Waals surface area (Å²) >= 11 is 1.02. The van der Waals surface area contributed by atoms with E-state index in [4.69, 9.17) is 0 Å². The molecule has 7 heteroatoms. The minimum absolute atomic E-state index is 0.0435. The van der Waals surface area contributed by atoms with Crippen LogP contribution in [0.5, 0.6) is 0 Å². The summed E-state index contributed by atoms with van der Waals surface area (Å²) in [6.45, 7) is 3.25. The number of para-hydroxylation sites is 2. The highest BCUT2D eigenvalue weighted by Gasteiger charge is 2.19. The topological polar surface area (TPSA) is 46.9 Å². The summed E-state index contributed by atoms with van der Waals surface area (Å²) in [5, 5.41) is 3.00. The van der Waals surface area contributed by atoms with Gasteiger partial charge in [0.1, 0.15) is 0 Å². The van der Waals surface area contributed by atoms with E-state index in [-0.39, 0.29) is 22.9 Å². The molecule has 120 valence electrons. The Hall–Kier alpha value is -1.63. The van der Waals surface area contributed by atoms with Gasteiger partial charge in [0, 0.05) is 6.04 Å². The highest BCUT2D eigenvalue weighted by atomic mass is 32.2. The maximum atomic E-state index is 13.2. The van der Waals surface area contributed by atoms with Gasteiger partial charge < -0.3 is 5.32 Å². The van der Waals surface area contributed by atoms with Crippen molar-refractivity contribution in [1.29, 1.82) is 0 Å². The van der Waals surface area contributed by atoms with Gasteiger partial charge in [-0.15, -0.1) is 0 Å². The van der Waals surface area contributed by atoms with Crippen LogP contribution >= 0.6 is 11.8 Å². The van der Waals surface area contributed by atoms with E-state index in [0.717, 1.165) is 16.3 Å². The Balaban J connectivity index is 2.11. The van der Waals surface area contributed by atoms with Crippen LogP contribution in [0.4, 0.5) is 8.78 Å². The van der Waals surface area contributed by atoms with E-state index in [0.29, 0.717) is 17.0 Å². The van der Waals surface area contributed by atoms with Gasteiger partial charge in [0.25, 0.3) is 0 Å². The summed E-state index contributed by atoms with van der Waals surface area (Å²) in [6.07, 6.45) is 0. The first-order valence-corrected chi connectivity index (χ1v) is 8.06. The van der Waals surface area contributed by atoms with Crippen LogP contribution in [0.25, 0.3) is 11.0 Å². The van der Waals surface area contributed by atoms with Crippen molar-refractivity contribution < 1.29 is 13.6 Å². The van der Waals surface area contributed by atoms with Crippen molar-refractivity contribution in [2.75, 3.05) is 5.75 Å². The SMILES string of the molecule is CC(C)C(C)NC(=O)CSc1nc2ccccc2n1C(F)F. The molecule has 22 heavy (non-hydrogen) atoms. The second-order valence-electron chi connectivity index (χ2n) is 5.42. The zero-order chi connectivity index (χ0) is 16.3. The number of hydrogen-bond acceptors (Lipinski definition) is 3. The van der Waals surface area contributed by atoms with Gasteiger partial charge in [-0.25, -0.2) is 4.98 Å². The number of carbonyl (C=O) groups excluding carboxylic acids is 1. The van der Waals surface area contributed by atoms with Crippen LogP contribution < -0.4 is 5.32 Å². The van der Waals surface area contributed by atoms with Crippen molar-refractivity contribution in [3.63, 3.8) is 0 Å². The fraction of sp³-hybridized carbons (Fsp3) is 0.467. The van der Waals surface area contributed by atoms with Crippen molar-refractivity contribution >= 4 is 28.7 Å². The normalized spacial score (nSPS) is 13.0. The molecule has 1 atom stereocenters. The third kappa shape index (κ3) is 3.76. The molecule has 1 aromatic carbocycles. The van der Waals surface area contributed by atoms with Crippen LogP contribution in [0.3, 0.4) is 0 Å². The van der Waals surface area contributed by atoms with Crippen LogP contribution in [0.2, 0.25) is 0 Å². The van der Waals surface area contributed by atoms with Crippen molar-refractivity contribution in [3.05, 3.63) is 24.3 Å². The number of alkyl halides is 2. The molecule has 0 bridgehead atoms. The lowest BCUT2D eigenvalue weighted by Gasteiger charge is -2.17. The number of rotatable bonds is 6. The van der Waals surface area contributed by atoms with Crippen LogP contribution in [-0.2, 0) is 4.79 Å². The molecule has 0 radical (unpaired) electrons. The predicted molar refractivity (Wildman–Crippen MR) is 84.2 cm³/mol. The zero-order valence-corrected chi connectivity index (χ0v) is 13.5. The fourth-order valence-electron chi connectivity index (χ4n) is 1.91. The third-order valence-electron chi connectivity index (χ3n) is 3.48. The standard InChI is InChI=1S/C15H19F2N3OS/c1-9(2)10(3)18-13(21)8-22-15-19-11-6-4-5-7-12(11)20(15)14(16)17/h4-7,9-10,14H,8H2,1-3H3,(H,18,21). The van der Waals surface area contributed by atoms with Crippen LogP contribution in [0.15, 0.2) is 29.4 Å². The van der Waals surface area contributed by atoms with Gasteiger partial charge in [-0.1, -0.05) is 37.7 Å². The minimum Gasteiger partial charge on any atom is -0.353 e. The molecule has 4 nitrogen and oxygen atoms in total. The van der Waals surface area contributed by atoms with E-state index >= 15 is 0 Å². The fourth-order valence-corrected chi connectivity index (χ4v) is 2.73. The maximum absolute atomic E-state index is 13.2. The van der Waals surface area contributed by atoms with E-state index < -0.39 is 6.55 Å². The minimum atomic E-state index is -2.69. The molecule has 1 amide bonds. The average Bonchev–Trinajstić information content (AvgIpc) is 2.83. The second-order valence-corrected chi connectivity index (χ2v) is 6.36. The molecular weight excluding hydrogens is 308 g/mol. The zero-order valence-electron chi connectivity index (χ0n) is 12.7. The average molecular weight is 327 g/mol. The number of amides is 1. The number of hydrogen-bond donors (Lipinski definition) is 1. The van der Waals surface area contributed by atoms with E-state index in [1.165, 1.54) is 0 Å². The highest BCUT2D eigenvalue weighted by molar-refractivity contribution is 7.99. The Labute approximate surface area is 132 Å².